The van der Waals surface area contributed by atoms with Gasteiger partial charge in [0.15, 0.2) is 11.5 Å². The Morgan fingerprint density at radius 3 is 2.69 bits per heavy atom. The molecule has 144 valence electrons. The zero-order valence-corrected chi connectivity index (χ0v) is 15.7. The minimum atomic E-state index is 0.235. The lowest BCUT2D eigenvalue weighted by atomic mass is 9.86. The number of hydrogen-bond donors (Lipinski definition) is 1. The van der Waals surface area contributed by atoms with E-state index < -0.39 is 0 Å². The minimum Gasteiger partial charge on any atom is -0.493 e. The average molecular weight is 362 g/mol. The Labute approximate surface area is 155 Å². The summed E-state index contributed by atoms with van der Waals surface area (Å²) in [5, 5.41) is 3.70. The van der Waals surface area contributed by atoms with E-state index in [0.29, 0.717) is 5.75 Å². The molecule has 2 saturated heterocycles. The third-order valence-corrected chi connectivity index (χ3v) is 5.95. The molecule has 3 heterocycles. The first-order chi connectivity index (χ1) is 12.8. The maximum atomic E-state index is 5.66. The van der Waals surface area contributed by atoms with Crippen molar-refractivity contribution in [3.8, 4) is 17.2 Å². The molecule has 2 fully saturated rings. The lowest BCUT2D eigenvalue weighted by Gasteiger charge is -2.48. The van der Waals surface area contributed by atoms with Crippen LogP contribution in [0.25, 0.3) is 0 Å². The van der Waals surface area contributed by atoms with E-state index >= 15 is 0 Å². The molecule has 4 rings (SSSR count). The molecule has 0 unspecified atom stereocenters. The number of fused-ring (bicyclic) bond motifs is 1. The first-order valence-corrected chi connectivity index (χ1v) is 9.81. The minimum absolute atomic E-state index is 0.235. The van der Waals surface area contributed by atoms with Gasteiger partial charge in [-0.3, -0.25) is 4.90 Å². The van der Waals surface area contributed by atoms with E-state index in [2.05, 4.69) is 16.3 Å². The van der Waals surface area contributed by atoms with E-state index in [4.69, 9.17) is 18.9 Å². The Kier molecular flexibility index (Phi) is 5.52. The summed E-state index contributed by atoms with van der Waals surface area (Å²) in [5.41, 5.74) is 1.39. The van der Waals surface area contributed by atoms with Crippen molar-refractivity contribution in [2.24, 2.45) is 0 Å². The molecule has 1 N–H and O–H groups in total. The summed E-state index contributed by atoms with van der Waals surface area (Å²) in [6, 6.07) is 4.09. The summed E-state index contributed by atoms with van der Waals surface area (Å²) in [4.78, 5) is 2.71. The lowest BCUT2D eigenvalue weighted by molar-refractivity contribution is -0.0358. The Morgan fingerprint density at radius 2 is 1.92 bits per heavy atom. The summed E-state index contributed by atoms with van der Waals surface area (Å²) in [6.07, 6.45) is 6.24. The Morgan fingerprint density at radius 1 is 1.12 bits per heavy atom. The van der Waals surface area contributed by atoms with Gasteiger partial charge in [-0.1, -0.05) is 6.42 Å². The molecular weight excluding hydrogens is 332 g/mol. The van der Waals surface area contributed by atoms with E-state index in [-0.39, 0.29) is 12.3 Å². The lowest BCUT2D eigenvalue weighted by Crippen LogP contribution is -2.59. The van der Waals surface area contributed by atoms with E-state index in [1.54, 1.807) is 7.11 Å². The van der Waals surface area contributed by atoms with Gasteiger partial charge < -0.3 is 24.3 Å². The van der Waals surface area contributed by atoms with Crippen molar-refractivity contribution in [2.75, 3.05) is 46.8 Å². The average Bonchev–Trinajstić information content (AvgIpc) is 3.17. The quantitative estimate of drug-likeness (QED) is 0.839. The molecular formula is C20H30N2O4. The largest absolute Gasteiger partial charge is 0.493 e. The molecule has 1 aromatic carbocycles. The number of likely N-dealkylation sites (tertiary alicyclic amines) is 1. The third-order valence-electron chi connectivity index (χ3n) is 5.95. The van der Waals surface area contributed by atoms with E-state index in [1.807, 2.05) is 6.07 Å². The van der Waals surface area contributed by atoms with Crippen LogP contribution >= 0.6 is 0 Å². The molecule has 0 bridgehead atoms. The number of piperidine rings is 1. The molecule has 0 aromatic heterocycles. The van der Waals surface area contributed by atoms with Crippen LogP contribution in [-0.4, -0.2) is 57.2 Å². The van der Waals surface area contributed by atoms with Crippen LogP contribution in [0.4, 0.5) is 0 Å². The molecule has 6 nitrogen and oxygen atoms in total. The van der Waals surface area contributed by atoms with Crippen molar-refractivity contribution >= 4 is 0 Å². The predicted octanol–water partition coefficient (Wildman–Crippen LogP) is 2.55. The van der Waals surface area contributed by atoms with Gasteiger partial charge in [0.2, 0.25) is 12.5 Å². The fourth-order valence-electron chi connectivity index (χ4n) is 4.45. The number of nitrogens with zero attached hydrogens (tertiary/aromatic N) is 1. The van der Waals surface area contributed by atoms with Crippen LogP contribution in [-0.2, 0) is 11.3 Å². The number of hydrogen-bond acceptors (Lipinski definition) is 6. The third kappa shape index (κ3) is 3.63. The van der Waals surface area contributed by atoms with Gasteiger partial charge in [0.05, 0.1) is 7.11 Å². The summed E-state index contributed by atoms with van der Waals surface area (Å²) in [5.74, 6) is 2.23. The molecule has 0 saturated carbocycles. The fraction of sp³-hybridized carbons (Fsp3) is 0.700. The number of benzene rings is 1. The highest BCUT2D eigenvalue weighted by molar-refractivity contribution is 5.55. The van der Waals surface area contributed by atoms with Crippen LogP contribution in [0, 0.1) is 0 Å². The van der Waals surface area contributed by atoms with Crippen LogP contribution in [0.3, 0.4) is 0 Å². The Bertz CT molecular complexity index is 610. The zero-order chi connectivity index (χ0) is 17.8. The van der Waals surface area contributed by atoms with Gasteiger partial charge >= 0.3 is 0 Å². The second-order valence-electron chi connectivity index (χ2n) is 7.52. The SMILES string of the molecule is COc1cc(CNCC2(N3CCCCC3)CCOCC2)cc2c1OCO2. The van der Waals surface area contributed by atoms with Gasteiger partial charge in [0, 0.05) is 31.8 Å². The molecule has 0 amide bonds. The molecule has 3 aliphatic heterocycles. The van der Waals surface area contributed by atoms with E-state index in [1.165, 1.54) is 32.4 Å². The number of ether oxygens (including phenoxy) is 4. The van der Waals surface area contributed by atoms with Gasteiger partial charge in [0.25, 0.3) is 0 Å². The van der Waals surface area contributed by atoms with Crippen molar-refractivity contribution < 1.29 is 18.9 Å². The van der Waals surface area contributed by atoms with Gasteiger partial charge in [-0.2, -0.15) is 0 Å². The fourth-order valence-corrected chi connectivity index (χ4v) is 4.45. The van der Waals surface area contributed by atoms with Crippen molar-refractivity contribution in [1.82, 2.24) is 10.2 Å². The number of methoxy groups -OCH3 is 1. The van der Waals surface area contributed by atoms with Gasteiger partial charge in [-0.25, -0.2) is 0 Å². The van der Waals surface area contributed by atoms with Gasteiger partial charge in [-0.05, 0) is 56.5 Å². The van der Waals surface area contributed by atoms with Crippen molar-refractivity contribution in [3.63, 3.8) is 0 Å². The maximum Gasteiger partial charge on any atom is 0.231 e. The maximum absolute atomic E-state index is 5.66. The second-order valence-corrected chi connectivity index (χ2v) is 7.52. The second kappa shape index (κ2) is 8.03. The highest BCUT2D eigenvalue weighted by Crippen LogP contribution is 2.41. The topological polar surface area (TPSA) is 52.2 Å². The number of rotatable bonds is 6. The predicted molar refractivity (Wildman–Crippen MR) is 99.0 cm³/mol. The Hall–Kier alpha value is -1.50. The summed E-state index contributed by atoms with van der Waals surface area (Å²) < 4.78 is 22.1. The first kappa shape index (κ1) is 17.9. The summed E-state index contributed by atoms with van der Waals surface area (Å²) in [6.45, 7) is 6.24. The molecule has 0 atom stereocenters. The van der Waals surface area contributed by atoms with Crippen molar-refractivity contribution in [2.45, 2.75) is 44.2 Å². The highest BCUT2D eigenvalue weighted by Gasteiger charge is 2.38. The molecule has 6 heteroatoms. The molecule has 1 aromatic rings. The van der Waals surface area contributed by atoms with Crippen LogP contribution in [0.2, 0.25) is 0 Å². The molecule has 3 aliphatic rings. The monoisotopic (exact) mass is 362 g/mol. The summed E-state index contributed by atoms with van der Waals surface area (Å²) >= 11 is 0. The zero-order valence-electron chi connectivity index (χ0n) is 15.7. The first-order valence-electron chi connectivity index (χ1n) is 9.81. The van der Waals surface area contributed by atoms with Gasteiger partial charge in [0.1, 0.15) is 0 Å². The summed E-state index contributed by atoms with van der Waals surface area (Å²) in [7, 11) is 1.67. The van der Waals surface area contributed by atoms with Crippen molar-refractivity contribution in [1.29, 1.82) is 0 Å². The highest BCUT2D eigenvalue weighted by atomic mass is 16.7. The van der Waals surface area contributed by atoms with Crippen LogP contribution in [0.15, 0.2) is 12.1 Å². The standard InChI is InChI=1S/C20H30N2O4/c1-23-17-11-16(12-18-19(17)26-15-25-18)13-21-14-20(5-9-24-10-6-20)22-7-3-2-4-8-22/h11-12,21H,2-10,13-15H2,1H3. The van der Waals surface area contributed by atoms with E-state index in [9.17, 15) is 0 Å². The van der Waals surface area contributed by atoms with Gasteiger partial charge in [-0.15, -0.1) is 0 Å². The van der Waals surface area contributed by atoms with Crippen LogP contribution in [0.5, 0.6) is 17.2 Å². The molecule has 26 heavy (non-hydrogen) atoms. The van der Waals surface area contributed by atoms with Crippen molar-refractivity contribution in [3.05, 3.63) is 17.7 Å². The van der Waals surface area contributed by atoms with Crippen LogP contribution < -0.4 is 19.5 Å². The molecule has 0 spiro atoms. The Balaban J connectivity index is 1.42. The normalized spacial score (nSPS) is 22.3. The smallest absolute Gasteiger partial charge is 0.231 e. The number of nitrogens with one attached hydrogen (secondary N) is 1. The molecule has 0 aliphatic carbocycles. The molecule has 0 radical (unpaired) electrons. The van der Waals surface area contributed by atoms with Crippen LogP contribution in [0.1, 0.15) is 37.7 Å². The van der Waals surface area contributed by atoms with E-state index in [0.717, 1.165) is 56.2 Å².